The van der Waals surface area contributed by atoms with Crippen LogP contribution in [-0.4, -0.2) is 38.1 Å². The molecular weight excluding hydrogens is 306 g/mol. The molecule has 2 aromatic rings. The van der Waals surface area contributed by atoms with Crippen LogP contribution < -0.4 is 0 Å². The van der Waals surface area contributed by atoms with E-state index in [4.69, 9.17) is 0 Å². The summed E-state index contributed by atoms with van der Waals surface area (Å²) in [4.78, 5) is 13.5. The Balaban J connectivity index is 1.91. The van der Waals surface area contributed by atoms with Crippen LogP contribution in [0.5, 0.6) is 0 Å². The molecule has 0 aromatic carbocycles. The van der Waals surface area contributed by atoms with Crippen LogP contribution in [0, 0.1) is 0 Å². The van der Waals surface area contributed by atoms with E-state index in [1.807, 2.05) is 11.4 Å². The minimum atomic E-state index is -0.0281. The highest BCUT2D eigenvalue weighted by molar-refractivity contribution is 9.11. The van der Waals surface area contributed by atoms with Crippen molar-refractivity contribution in [3.8, 4) is 0 Å². The lowest BCUT2D eigenvalue weighted by molar-refractivity contribution is -0.131. The third kappa shape index (κ3) is 3.34. The van der Waals surface area contributed by atoms with Crippen LogP contribution in [0.25, 0.3) is 0 Å². The molecular formula is C9H10BrN5OS. The minimum Gasteiger partial charge on any atom is -0.340 e. The van der Waals surface area contributed by atoms with Crippen molar-refractivity contribution in [3.63, 3.8) is 0 Å². The van der Waals surface area contributed by atoms with Gasteiger partial charge in [-0.05, 0) is 43.4 Å². The Morgan fingerprint density at radius 2 is 2.47 bits per heavy atom. The number of halogens is 1. The number of carbonyl (C=O) groups is 1. The summed E-state index contributed by atoms with van der Waals surface area (Å²) in [5, 5.41) is 12.6. The van der Waals surface area contributed by atoms with Gasteiger partial charge in [-0.1, -0.05) is 0 Å². The van der Waals surface area contributed by atoms with Crippen molar-refractivity contribution in [3.05, 3.63) is 27.1 Å². The first-order valence-corrected chi connectivity index (χ1v) is 6.50. The summed E-state index contributed by atoms with van der Waals surface area (Å²) in [6.45, 7) is 0.748. The van der Waals surface area contributed by atoms with Gasteiger partial charge in [-0.25, -0.2) is 4.68 Å². The van der Waals surface area contributed by atoms with Gasteiger partial charge in [0.1, 0.15) is 12.9 Å². The molecule has 17 heavy (non-hydrogen) atoms. The second-order valence-corrected chi connectivity index (χ2v) is 5.81. The van der Waals surface area contributed by atoms with Gasteiger partial charge >= 0.3 is 0 Å². The molecule has 8 heteroatoms. The fraction of sp³-hybridized carbons (Fsp3) is 0.333. The number of nitrogens with zero attached hydrogens (tertiary/aromatic N) is 5. The van der Waals surface area contributed by atoms with Crippen molar-refractivity contribution < 1.29 is 4.79 Å². The zero-order chi connectivity index (χ0) is 12.3. The van der Waals surface area contributed by atoms with Crippen LogP contribution in [0.1, 0.15) is 5.56 Å². The Morgan fingerprint density at radius 3 is 3.06 bits per heavy atom. The number of rotatable bonds is 4. The standard InChI is InChI=1S/C9H10BrN5OS/c1-14(3-7-2-8(10)17-5-7)9(16)4-15-6-11-12-13-15/h2,5-6H,3-4H2,1H3. The summed E-state index contributed by atoms with van der Waals surface area (Å²) < 4.78 is 2.47. The van der Waals surface area contributed by atoms with E-state index in [2.05, 4.69) is 31.5 Å². The van der Waals surface area contributed by atoms with E-state index < -0.39 is 0 Å². The van der Waals surface area contributed by atoms with E-state index in [-0.39, 0.29) is 12.5 Å². The lowest BCUT2D eigenvalue weighted by atomic mass is 10.3. The van der Waals surface area contributed by atoms with Crippen LogP contribution in [0.3, 0.4) is 0 Å². The average molecular weight is 316 g/mol. The lowest BCUT2D eigenvalue weighted by Crippen LogP contribution is -2.29. The van der Waals surface area contributed by atoms with Crippen molar-refractivity contribution in [2.45, 2.75) is 13.1 Å². The number of aromatic nitrogens is 4. The molecule has 0 bridgehead atoms. The van der Waals surface area contributed by atoms with Crippen molar-refractivity contribution >= 4 is 33.2 Å². The molecule has 2 rings (SSSR count). The highest BCUT2D eigenvalue weighted by atomic mass is 79.9. The maximum absolute atomic E-state index is 11.8. The van der Waals surface area contributed by atoms with E-state index in [1.54, 1.807) is 23.3 Å². The average Bonchev–Trinajstić information content (AvgIpc) is 2.90. The summed E-state index contributed by atoms with van der Waals surface area (Å²) in [6, 6.07) is 2.01. The molecule has 0 unspecified atom stereocenters. The molecule has 0 spiro atoms. The first kappa shape index (κ1) is 12.2. The van der Waals surface area contributed by atoms with E-state index in [0.717, 1.165) is 9.35 Å². The van der Waals surface area contributed by atoms with Gasteiger partial charge < -0.3 is 4.90 Å². The Hall–Kier alpha value is -1.28. The number of likely N-dealkylation sites (N-methyl/N-ethyl adjacent to an activating group) is 1. The Morgan fingerprint density at radius 1 is 1.65 bits per heavy atom. The molecule has 0 aliphatic carbocycles. The van der Waals surface area contributed by atoms with E-state index in [9.17, 15) is 4.79 Å². The number of amides is 1. The van der Waals surface area contributed by atoms with Crippen LogP contribution in [0.15, 0.2) is 21.6 Å². The van der Waals surface area contributed by atoms with Crippen LogP contribution >= 0.6 is 27.3 Å². The molecule has 0 aliphatic heterocycles. The summed E-state index contributed by atoms with van der Waals surface area (Å²) in [6.07, 6.45) is 1.42. The Bertz CT molecular complexity index is 497. The first-order valence-electron chi connectivity index (χ1n) is 4.83. The van der Waals surface area contributed by atoms with E-state index in [0.29, 0.717) is 6.54 Å². The van der Waals surface area contributed by atoms with Gasteiger partial charge in [-0.2, -0.15) is 0 Å². The first-order chi connectivity index (χ1) is 8.15. The van der Waals surface area contributed by atoms with Crippen LogP contribution in [-0.2, 0) is 17.9 Å². The summed E-state index contributed by atoms with van der Waals surface area (Å²) in [5.41, 5.74) is 1.11. The van der Waals surface area contributed by atoms with Gasteiger partial charge in [-0.15, -0.1) is 16.4 Å². The fourth-order valence-corrected chi connectivity index (χ4v) is 2.50. The topological polar surface area (TPSA) is 63.9 Å². The molecule has 1 amide bonds. The molecule has 0 fully saturated rings. The molecule has 90 valence electrons. The third-order valence-corrected chi connectivity index (χ3v) is 3.71. The Kier molecular flexibility index (Phi) is 3.85. The minimum absolute atomic E-state index is 0.0281. The summed E-state index contributed by atoms with van der Waals surface area (Å²) in [5.74, 6) is -0.0281. The third-order valence-electron chi connectivity index (χ3n) is 2.16. The molecule has 2 heterocycles. The number of tetrazole rings is 1. The lowest BCUT2D eigenvalue weighted by Gasteiger charge is -2.15. The zero-order valence-corrected chi connectivity index (χ0v) is 11.5. The summed E-state index contributed by atoms with van der Waals surface area (Å²) >= 11 is 5.00. The molecule has 0 saturated heterocycles. The molecule has 0 aliphatic rings. The van der Waals surface area contributed by atoms with Crippen LogP contribution in [0.2, 0.25) is 0 Å². The van der Waals surface area contributed by atoms with Gasteiger partial charge in [0.2, 0.25) is 5.91 Å². The quantitative estimate of drug-likeness (QED) is 0.849. The molecule has 0 saturated carbocycles. The fourth-order valence-electron chi connectivity index (χ4n) is 1.30. The van der Waals surface area contributed by atoms with Gasteiger partial charge in [-0.3, -0.25) is 4.79 Å². The number of hydrogen-bond donors (Lipinski definition) is 0. The number of carbonyl (C=O) groups excluding carboxylic acids is 1. The SMILES string of the molecule is CN(Cc1csc(Br)c1)C(=O)Cn1cnnn1. The van der Waals surface area contributed by atoms with E-state index in [1.165, 1.54) is 11.0 Å². The van der Waals surface area contributed by atoms with Crippen molar-refractivity contribution in [2.24, 2.45) is 0 Å². The van der Waals surface area contributed by atoms with Gasteiger partial charge in [0, 0.05) is 13.6 Å². The van der Waals surface area contributed by atoms with Crippen molar-refractivity contribution in [2.75, 3.05) is 7.05 Å². The Labute approximate surface area is 110 Å². The second-order valence-electron chi connectivity index (χ2n) is 3.52. The van der Waals surface area contributed by atoms with Gasteiger partial charge in [0.05, 0.1) is 3.79 Å². The van der Waals surface area contributed by atoms with Gasteiger partial charge in [0.25, 0.3) is 0 Å². The molecule has 2 aromatic heterocycles. The highest BCUT2D eigenvalue weighted by Crippen LogP contribution is 2.21. The maximum atomic E-state index is 11.8. The second kappa shape index (κ2) is 5.37. The molecule has 6 nitrogen and oxygen atoms in total. The highest BCUT2D eigenvalue weighted by Gasteiger charge is 2.11. The molecule has 0 N–H and O–H groups in total. The van der Waals surface area contributed by atoms with Gasteiger partial charge in [0.15, 0.2) is 0 Å². The predicted molar refractivity (Wildman–Crippen MR) is 66.3 cm³/mol. The van der Waals surface area contributed by atoms with Crippen LogP contribution in [0.4, 0.5) is 0 Å². The maximum Gasteiger partial charge on any atom is 0.244 e. The summed E-state index contributed by atoms with van der Waals surface area (Å²) in [7, 11) is 1.76. The predicted octanol–water partition coefficient (Wildman–Crippen LogP) is 1.16. The van der Waals surface area contributed by atoms with E-state index >= 15 is 0 Å². The number of hydrogen-bond acceptors (Lipinski definition) is 5. The smallest absolute Gasteiger partial charge is 0.244 e. The zero-order valence-electron chi connectivity index (χ0n) is 9.08. The number of thiophene rings is 1. The molecule has 0 radical (unpaired) electrons. The van der Waals surface area contributed by atoms with Crippen molar-refractivity contribution in [1.29, 1.82) is 0 Å². The normalized spacial score (nSPS) is 10.5. The molecule has 0 atom stereocenters. The monoisotopic (exact) mass is 315 g/mol. The van der Waals surface area contributed by atoms with Crippen molar-refractivity contribution in [1.82, 2.24) is 25.1 Å². The largest absolute Gasteiger partial charge is 0.340 e.